The number of carboxylic acids is 1. The summed E-state index contributed by atoms with van der Waals surface area (Å²) in [5.74, 6) is -0.845. The second kappa shape index (κ2) is 7.40. The fourth-order valence-corrected chi connectivity index (χ4v) is 2.40. The largest absolute Gasteiger partial charge is 0.480 e. The lowest BCUT2D eigenvalue weighted by atomic mass is 10.4. The van der Waals surface area contributed by atoms with E-state index in [-0.39, 0.29) is 6.54 Å². The Balaban J connectivity index is 2.42. The number of aliphatic carboxylic acids is 1. The molecular weight excluding hydrogens is 279 g/mol. The third-order valence-corrected chi connectivity index (χ3v) is 3.17. The maximum Gasteiger partial charge on any atom is 0.401 e. The molecule has 0 aliphatic heterocycles. The predicted octanol–water partition coefficient (Wildman–Crippen LogP) is 2.73. The van der Waals surface area contributed by atoms with Crippen LogP contribution in [-0.2, 0) is 4.79 Å². The van der Waals surface area contributed by atoms with Gasteiger partial charge in [0.05, 0.1) is 13.1 Å². The molecule has 7 heteroatoms. The summed E-state index contributed by atoms with van der Waals surface area (Å²) in [7, 11) is 0. The van der Waals surface area contributed by atoms with E-state index in [1.54, 1.807) is 0 Å². The van der Waals surface area contributed by atoms with E-state index in [1.165, 1.54) is 11.8 Å². The molecule has 0 saturated heterocycles. The summed E-state index contributed by atoms with van der Waals surface area (Å²) in [5.41, 5.74) is 0. The molecule has 3 nitrogen and oxygen atoms in total. The van der Waals surface area contributed by atoms with E-state index in [0.717, 1.165) is 9.80 Å². The lowest BCUT2D eigenvalue weighted by Gasteiger charge is -2.21. The summed E-state index contributed by atoms with van der Waals surface area (Å²) < 4.78 is 36.8. The van der Waals surface area contributed by atoms with Gasteiger partial charge in [-0.15, -0.1) is 11.8 Å². The van der Waals surface area contributed by atoms with Crippen LogP contribution in [0.1, 0.15) is 0 Å². The third kappa shape index (κ3) is 7.74. The van der Waals surface area contributed by atoms with Crippen molar-refractivity contribution >= 4 is 17.7 Å². The smallest absolute Gasteiger partial charge is 0.401 e. The van der Waals surface area contributed by atoms with E-state index < -0.39 is 25.2 Å². The van der Waals surface area contributed by atoms with Crippen molar-refractivity contribution in [2.75, 3.05) is 25.4 Å². The first kappa shape index (κ1) is 15.8. The number of carboxylic acid groups (broad SMARTS) is 1. The van der Waals surface area contributed by atoms with Crippen LogP contribution in [-0.4, -0.2) is 47.5 Å². The molecule has 0 aliphatic carbocycles. The molecule has 19 heavy (non-hydrogen) atoms. The van der Waals surface area contributed by atoms with Crippen LogP contribution in [0.5, 0.6) is 0 Å². The average molecular weight is 293 g/mol. The molecule has 106 valence electrons. The van der Waals surface area contributed by atoms with Crippen LogP contribution in [0.15, 0.2) is 35.2 Å². The Morgan fingerprint density at radius 3 is 2.42 bits per heavy atom. The quantitative estimate of drug-likeness (QED) is 0.785. The number of halogens is 3. The summed E-state index contributed by atoms with van der Waals surface area (Å²) >= 11 is 1.40. The number of thioether (sulfide) groups is 1. The summed E-state index contributed by atoms with van der Waals surface area (Å²) in [4.78, 5) is 12.3. The van der Waals surface area contributed by atoms with Gasteiger partial charge in [-0.1, -0.05) is 18.2 Å². The molecule has 1 N–H and O–H groups in total. The van der Waals surface area contributed by atoms with Gasteiger partial charge in [-0.25, -0.2) is 0 Å². The van der Waals surface area contributed by atoms with Crippen molar-refractivity contribution in [3.05, 3.63) is 30.3 Å². The SMILES string of the molecule is O=C(O)CN(CCSc1ccccc1)CC(F)(F)F. The Hall–Kier alpha value is -1.21. The topological polar surface area (TPSA) is 40.5 Å². The van der Waals surface area contributed by atoms with Gasteiger partial charge in [-0.05, 0) is 12.1 Å². The lowest BCUT2D eigenvalue weighted by molar-refractivity contribution is -0.153. The van der Waals surface area contributed by atoms with E-state index in [2.05, 4.69) is 0 Å². The standard InChI is InChI=1S/C12H14F3NO2S/c13-12(14,15)9-16(8-11(17)18)6-7-19-10-4-2-1-3-5-10/h1-5H,6-9H2,(H,17,18). The Labute approximate surface area is 113 Å². The van der Waals surface area contributed by atoms with Crippen LogP contribution in [0.25, 0.3) is 0 Å². The lowest BCUT2D eigenvalue weighted by Crippen LogP contribution is -2.39. The molecule has 0 aliphatic rings. The van der Waals surface area contributed by atoms with Crippen LogP contribution in [0, 0.1) is 0 Å². The van der Waals surface area contributed by atoms with Crippen LogP contribution < -0.4 is 0 Å². The maximum absolute atomic E-state index is 12.3. The van der Waals surface area contributed by atoms with Gasteiger partial charge in [0, 0.05) is 17.2 Å². The highest BCUT2D eigenvalue weighted by Crippen LogP contribution is 2.19. The monoisotopic (exact) mass is 293 g/mol. The highest BCUT2D eigenvalue weighted by molar-refractivity contribution is 7.99. The summed E-state index contributed by atoms with van der Waals surface area (Å²) in [5, 5.41) is 8.58. The zero-order valence-corrected chi connectivity index (χ0v) is 10.9. The second-order valence-corrected chi connectivity index (χ2v) is 5.05. The van der Waals surface area contributed by atoms with Crippen molar-refractivity contribution < 1.29 is 23.1 Å². The van der Waals surface area contributed by atoms with Gasteiger partial charge in [-0.2, -0.15) is 13.2 Å². The number of nitrogens with zero attached hydrogens (tertiary/aromatic N) is 1. The highest BCUT2D eigenvalue weighted by Gasteiger charge is 2.31. The summed E-state index contributed by atoms with van der Waals surface area (Å²) in [6, 6.07) is 9.25. The Morgan fingerprint density at radius 2 is 1.89 bits per heavy atom. The third-order valence-electron chi connectivity index (χ3n) is 2.18. The second-order valence-electron chi connectivity index (χ2n) is 3.88. The van der Waals surface area contributed by atoms with E-state index in [0.29, 0.717) is 5.75 Å². The number of benzene rings is 1. The molecule has 0 aromatic heterocycles. The Morgan fingerprint density at radius 1 is 1.26 bits per heavy atom. The van der Waals surface area contributed by atoms with Crippen LogP contribution in [0.2, 0.25) is 0 Å². The van der Waals surface area contributed by atoms with E-state index in [9.17, 15) is 18.0 Å². The fourth-order valence-electron chi connectivity index (χ4n) is 1.47. The summed E-state index contributed by atoms with van der Waals surface area (Å²) in [6.45, 7) is -1.73. The number of hydrogen-bond donors (Lipinski definition) is 1. The molecule has 0 amide bonds. The van der Waals surface area contributed by atoms with Gasteiger partial charge in [0.15, 0.2) is 0 Å². The Kier molecular flexibility index (Phi) is 6.17. The van der Waals surface area contributed by atoms with E-state index in [4.69, 9.17) is 5.11 Å². The zero-order chi connectivity index (χ0) is 14.3. The van der Waals surface area contributed by atoms with Crippen molar-refractivity contribution in [3.8, 4) is 0 Å². The minimum atomic E-state index is -4.38. The van der Waals surface area contributed by atoms with Gasteiger partial charge in [0.2, 0.25) is 0 Å². The van der Waals surface area contributed by atoms with Gasteiger partial charge in [-0.3, -0.25) is 9.69 Å². The molecule has 0 unspecified atom stereocenters. The van der Waals surface area contributed by atoms with Gasteiger partial charge < -0.3 is 5.11 Å². The highest BCUT2D eigenvalue weighted by atomic mass is 32.2. The van der Waals surface area contributed by atoms with Crippen molar-refractivity contribution in [2.45, 2.75) is 11.1 Å². The van der Waals surface area contributed by atoms with Crippen molar-refractivity contribution in [3.63, 3.8) is 0 Å². The van der Waals surface area contributed by atoms with Crippen LogP contribution in [0.4, 0.5) is 13.2 Å². The molecule has 0 atom stereocenters. The normalized spacial score (nSPS) is 11.8. The number of alkyl halides is 3. The first-order valence-electron chi connectivity index (χ1n) is 5.55. The fraction of sp³-hybridized carbons (Fsp3) is 0.417. The molecule has 1 aromatic rings. The number of carbonyl (C=O) groups is 1. The van der Waals surface area contributed by atoms with Crippen molar-refractivity contribution in [1.82, 2.24) is 4.90 Å². The van der Waals surface area contributed by atoms with E-state index >= 15 is 0 Å². The van der Waals surface area contributed by atoms with Crippen LogP contribution >= 0.6 is 11.8 Å². The molecular formula is C12H14F3NO2S. The number of rotatable bonds is 7. The minimum Gasteiger partial charge on any atom is -0.480 e. The molecule has 0 fully saturated rings. The molecule has 0 radical (unpaired) electrons. The summed E-state index contributed by atoms with van der Waals surface area (Å²) in [6.07, 6.45) is -4.38. The first-order chi connectivity index (χ1) is 8.87. The maximum atomic E-state index is 12.3. The van der Waals surface area contributed by atoms with Gasteiger partial charge in [0.1, 0.15) is 0 Å². The van der Waals surface area contributed by atoms with E-state index in [1.807, 2.05) is 30.3 Å². The number of hydrogen-bond acceptors (Lipinski definition) is 3. The molecule has 0 spiro atoms. The first-order valence-corrected chi connectivity index (χ1v) is 6.54. The molecule has 0 saturated carbocycles. The predicted molar refractivity (Wildman–Crippen MR) is 67.3 cm³/mol. The van der Waals surface area contributed by atoms with Gasteiger partial charge >= 0.3 is 12.1 Å². The Bertz CT molecular complexity index is 398. The van der Waals surface area contributed by atoms with Crippen molar-refractivity contribution in [2.24, 2.45) is 0 Å². The molecule has 0 heterocycles. The van der Waals surface area contributed by atoms with Crippen molar-refractivity contribution in [1.29, 1.82) is 0 Å². The minimum absolute atomic E-state index is 0.0748. The zero-order valence-electron chi connectivity index (χ0n) is 10.1. The van der Waals surface area contributed by atoms with Gasteiger partial charge in [0.25, 0.3) is 0 Å². The average Bonchev–Trinajstić information content (AvgIpc) is 2.27. The molecule has 1 aromatic carbocycles. The van der Waals surface area contributed by atoms with Crippen LogP contribution in [0.3, 0.4) is 0 Å². The molecule has 1 rings (SSSR count). The molecule has 0 bridgehead atoms.